The highest BCUT2D eigenvalue weighted by atomic mass is 16.6. The number of hydrogen-bond donors (Lipinski definition) is 1. The number of carbonyl (C=O) groups excluding carboxylic acids is 1. The summed E-state index contributed by atoms with van der Waals surface area (Å²) < 4.78 is 6.06. The normalized spacial score (nSPS) is 43.3. The quantitative estimate of drug-likeness (QED) is 0.637. The molecule has 6 atom stereocenters. The fourth-order valence-electron chi connectivity index (χ4n) is 6.30. The standard InChI is InChI=1S/C20H22O3/c1-2-12-5-8-17-14-7-4-11-3-6-13(21)9-15(11)18(14)16-10-20(12,17)23-19(16)22/h2-3,6,9,12,14,16-18,21H,1,4-5,7-8,10H2/t12-,14+,16+,17+,18+,20+/m0/s1. The second-order valence-electron chi connectivity index (χ2n) is 7.82. The van der Waals surface area contributed by atoms with Crippen molar-refractivity contribution in [3.05, 3.63) is 42.0 Å². The van der Waals surface area contributed by atoms with Crippen LogP contribution in [0.15, 0.2) is 30.9 Å². The van der Waals surface area contributed by atoms with Gasteiger partial charge < -0.3 is 9.84 Å². The van der Waals surface area contributed by atoms with Crippen LogP contribution in [-0.2, 0) is 16.0 Å². The lowest BCUT2D eigenvalue weighted by Gasteiger charge is -2.47. The van der Waals surface area contributed by atoms with E-state index >= 15 is 0 Å². The van der Waals surface area contributed by atoms with Crippen molar-refractivity contribution in [2.75, 3.05) is 0 Å². The lowest BCUT2D eigenvalue weighted by Crippen LogP contribution is -2.48. The number of phenolic OH excluding ortho intramolecular Hbond substituents is 1. The highest BCUT2D eigenvalue weighted by molar-refractivity contribution is 5.78. The number of fused-ring (bicyclic) bond motifs is 6. The maximum atomic E-state index is 12.7. The summed E-state index contributed by atoms with van der Waals surface area (Å²) in [5.41, 5.74) is 2.22. The first-order valence-corrected chi connectivity index (χ1v) is 8.81. The van der Waals surface area contributed by atoms with Gasteiger partial charge in [-0.2, -0.15) is 0 Å². The van der Waals surface area contributed by atoms with Crippen molar-refractivity contribution in [3.8, 4) is 5.75 Å². The molecule has 1 spiro atoms. The van der Waals surface area contributed by atoms with Crippen molar-refractivity contribution < 1.29 is 14.6 Å². The Morgan fingerprint density at radius 1 is 1.30 bits per heavy atom. The number of benzene rings is 1. The van der Waals surface area contributed by atoms with Crippen molar-refractivity contribution in [3.63, 3.8) is 0 Å². The van der Waals surface area contributed by atoms with E-state index in [1.54, 1.807) is 6.07 Å². The maximum Gasteiger partial charge on any atom is 0.310 e. The average molecular weight is 310 g/mol. The maximum absolute atomic E-state index is 12.7. The Morgan fingerprint density at radius 2 is 2.17 bits per heavy atom. The van der Waals surface area contributed by atoms with Crippen molar-refractivity contribution >= 4 is 5.97 Å². The second kappa shape index (κ2) is 4.40. The molecule has 0 aromatic heterocycles. The van der Waals surface area contributed by atoms with Crippen LogP contribution < -0.4 is 0 Å². The van der Waals surface area contributed by atoms with Crippen molar-refractivity contribution in [2.45, 2.75) is 43.6 Å². The SMILES string of the molecule is C=C[C@H]1CC[C@@H]2[C@H]3CCc4ccc(O)cc4[C@@H]3[C@H]3C[C@]21OC3=O. The lowest BCUT2D eigenvalue weighted by atomic mass is 9.56. The first-order chi connectivity index (χ1) is 11.1. The molecule has 0 unspecified atom stereocenters. The summed E-state index contributed by atoms with van der Waals surface area (Å²) in [6, 6.07) is 5.69. The van der Waals surface area contributed by atoms with Crippen LogP contribution in [0.2, 0.25) is 0 Å². The molecule has 1 aromatic rings. The summed E-state index contributed by atoms with van der Waals surface area (Å²) >= 11 is 0. The van der Waals surface area contributed by atoms with E-state index in [2.05, 4.69) is 6.58 Å². The van der Waals surface area contributed by atoms with Gasteiger partial charge >= 0.3 is 5.97 Å². The van der Waals surface area contributed by atoms with E-state index in [-0.39, 0.29) is 23.4 Å². The summed E-state index contributed by atoms with van der Waals surface area (Å²) in [5.74, 6) is 1.73. The number of ether oxygens (including phenoxy) is 1. The number of esters is 1. The molecule has 3 aliphatic carbocycles. The number of rotatable bonds is 1. The number of carbonyl (C=O) groups is 1. The molecule has 0 amide bonds. The number of phenols is 1. The van der Waals surface area contributed by atoms with Crippen molar-refractivity contribution in [2.24, 2.45) is 23.7 Å². The zero-order chi connectivity index (χ0) is 15.8. The molecule has 3 fully saturated rings. The van der Waals surface area contributed by atoms with Crippen LogP contribution in [0.25, 0.3) is 0 Å². The topological polar surface area (TPSA) is 46.5 Å². The van der Waals surface area contributed by atoms with Gasteiger partial charge in [0.2, 0.25) is 0 Å². The van der Waals surface area contributed by atoms with E-state index in [0.29, 0.717) is 23.5 Å². The van der Waals surface area contributed by atoms with Crippen LogP contribution in [0.4, 0.5) is 0 Å². The third-order valence-electron chi connectivity index (χ3n) is 7.11. The van der Waals surface area contributed by atoms with Gasteiger partial charge in [0, 0.05) is 24.2 Å². The predicted molar refractivity (Wildman–Crippen MR) is 86.0 cm³/mol. The molecule has 2 bridgehead atoms. The second-order valence-corrected chi connectivity index (χ2v) is 7.82. The third kappa shape index (κ3) is 1.58. The lowest BCUT2D eigenvalue weighted by molar-refractivity contribution is -0.154. The molecule has 1 aromatic carbocycles. The molecule has 3 heteroatoms. The first kappa shape index (κ1) is 13.6. The van der Waals surface area contributed by atoms with Gasteiger partial charge in [0.1, 0.15) is 11.4 Å². The van der Waals surface area contributed by atoms with Gasteiger partial charge in [-0.1, -0.05) is 12.1 Å². The molecule has 1 N–H and O–H groups in total. The van der Waals surface area contributed by atoms with Gasteiger partial charge in [0.15, 0.2) is 0 Å². The Labute approximate surface area is 136 Å². The average Bonchev–Trinajstić information content (AvgIpc) is 3.05. The molecule has 1 saturated heterocycles. The molecule has 1 aliphatic heterocycles. The minimum absolute atomic E-state index is 0.0209. The van der Waals surface area contributed by atoms with Crippen molar-refractivity contribution in [1.29, 1.82) is 0 Å². The van der Waals surface area contributed by atoms with Crippen LogP contribution in [0.1, 0.15) is 42.7 Å². The van der Waals surface area contributed by atoms with Crippen LogP contribution in [0.3, 0.4) is 0 Å². The number of aryl methyl sites for hydroxylation is 1. The number of aromatic hydroxyl groups is 1. The molecule has 1 heterocycles. The van der Waals surface area contributed by atoms with Gasteiger partial charge in [-0.3, -0.25) is 4.79 Å². The zero-order valence-corrected chi connectivity index (χ0v) is 13.2. The smallest absolute Gasteiger partial charge is 0.310 e. The van der Waals surface area contributed by atoms with Gasteiger partial charge in [-0.05, 0) is 54.9 Å². The highest BCUT2D eigenvalue weighted by Crippen LogP contribution is 2.65. The fraction of sp³-hybridized carbons (Fsp3) is 0.550. The van der Waals surface area contributed by atoms with Gasteiger partial charge in [0.05, 0.1) is 5.92 Å². The van der Waals surface area contributed by atoms with E-state index < -0.39 is 0 Å². The van der Waals surface area contributed by atoms with Crippen LogP contribution in [0.5, 0.6) is 5.75 Å². The minimum Gasteiger partial charge on any atom is -0.508 e. The fourth-order valence-corrected chi connectivity index (χ4v) is 6.30. The van der Waals surface area contributed by atoms with E-state index in [1.165, 1.54) is 11.1 Å². The van der Waals surface area contributed by atoms with Gasteiger partial charge in [-0.15, -0.1) is 6.58 Å². The third-order valence-corrected chi connectivity index (χ3v) is 7.11. The van der Waals surface area contributed by atoms with Gasteiger partial charge in [0.25, 0.3) is 0 Å². The van der Waals surface area contributed by atoms with E-state index in [9.17, 15) is 9.90 Å². The Bertz CT molecular complexity index is 709. The van der Waals surface area contributed by atoms with Crippen LogP contribution in [-0.4, -0.2) is 16.7 Å². The summed E-state index contributed by atoms with van der Waals surface area (Å²) in [6.07, 6.45) is 7.24. The Hall–Kier alpha value is -1.77. The molecule has 2 saturated carbocycles. The molecule has 0 radical (unpaired) electrons. The molecule has 4 aliphatic rings. The molecular formula is C20H22O3. The molecule has 23 heavy (non-hydrogen) atoms. The first-order valence-electron chi connectivity index (χ1n) is 8.81. The summed E-state index contributed by atoms with van der Waals surface area (Å²) in [7, 11) is 0. The minimum atomic E-state index is -0.279. The monoisotopic (exact) mass is 310 g/mol. The Balaban J connectivity index is 1.66. The van der Waals surface area contributed by atoms with E-state index in [4.69, 9.17) is 4.74 Å². The van der Waals surface area contributed by atoms with E-state index in [1.807, 2.05) is 18.2 Å². The Kier molecular flexibility index (Phi) is 2.61. The molecule has 3 nitrogen and oxygen atoms in total. The summed E-state index contributed by atoms with van der Waals surface area (Å²) in [6.45, 7) is 4.00. The molecule has 120 valence electrons. The highest BCUT2D eigenvalue weighted by Gasteiger charge is 2.67. The summed E-state index contributed by atoms with van der Waals surface area (Å²) in [4.78, 5) is 12.7. The molecule has 5 rings (SSSR count). The molecular weight excluding hydrogens is 288 g/mol. The summed E-state index contributed by atoms with van der Waals surface area (Å²) in [5, 5.41) is 9.95. The van der Waals surface area contributed by atoms with Crippen molar-refractivity contribution in [1.82, 2.24) is 0 Å². The zero-order valence-electron chi connectivity index (χ0n) is 13.2. The van der Waals surface area contributed by atoms with Crippen LogP contribution in [0, 0.1) is 23.7 Å². The largest absolute Gasteiger partial charge is 0.508 e. The van der Waals surface area contributed by atoms with Crippen LogP contribution >= 0.6 is 0 Å². The Morgan fingerprint density at radius 3 is 3.00 bits per heavy atom. The number of hydrogen-bond acceptors (Lipinski definition) is 3. The van der Waals surface area contributed by atoms with E-state index in [0.717, 1.165) is 32.1 Å². The predicted octanol–water partition coefficient (Wildman–Crippen LogP) is 3.57. The van der Waals surface area contributed by atoms with Gasteiger partial charge in [-0.25, -0.2) is 0 Å².